The van der Waals surface area contributed by atoms with E-state index in [0.29, 0.717) is 36.3 Å². The van der Waals surface area contributed by atoms with Crippen molar-refractivity contribution in [3.8, 4) is 0 Å². The molecule has 0 saturated heterocycles. The number of nitrogens with one attached hydrogen (secondary N) is 1. The normalized spacial score (nSPS) is 12.9. The molecule has 0 spiro atoms. The molecule has 1 N–H and O–H groups in total. The Morgan fingerprint density at radius 2 is 1.82 bits per heavy atom. The van der Waals surface area contributed by atoms with E-state index in [9.17, 15) is 9.59 Å². The Bertz CT molecular complexity index is 1110. The molecule has 1 fully saturated rings. The summed E-state index contributed by atoms with van der Waals surface area (Å²) in [6, 6.07) is 20.6. The molecule has 0 bridgehead atoms. The average Bonchev–Trinajstić information content (AvgIpc) is 3.55. The number of amides is 3. The van der Waals surface area contributed by atoms with Crippen molar-refractivity contribution in [3.63, 3.8) is 0 Å². The second-order valence-corrected chi connectivity index (χ2v) is 9.26. The third-order valence-corrected chi connectivity index (χ3v) is 6.11. The Kier molecular flexibility index (Phi) is 7.91. The van der Waals surface area contributed by atoms with Crippen molar-refractivity contribution in [2.45, 2.75) is 32.7 Å². The molecule has 0 unspecified atom stereocenters. The number of furan rings is 1. The number of halogens is 1. The van der Waals surface area contributed by atoms with Gasteiger partial charge >= 0.3 is 6.03 Å². The van der Waals surface area contributed by atoms with Gasteiger partial charge in [0.15, 0.2) is 0 Å². The molecule has 7 heteroatoms. The summed E-state index contributed by atoms with van der Waals surface area (Å²) in [5.41, 5.74) is 1.77. The molecule has 0 aliphatic heterocycles. The van der Waals surface area contributed by atoms with Crippen molar-refractivity contribution in [1.29, 1.82) is 0 Å². The maximum absolute atomic E-state index is 13.4. The van der Waals surface area contributed by atoms with Crippen molar-refractivity contribution in [3.05, 3.63) is 88.8 Å². The van der Waals surface area contributed by atoms with Gasteiger partial charge in [-0.25, -0.2) is 4.79 Å². The lowest BCUT2D eigenvalue weighted by molar-refractivity contribution is -0.132. The quantitative estimate of drug-likeness (QED) is 0.402. The largest absolute Gasteiger partial charge is 0.464 e. The molecule has 1 saturated carbocycles. The predicted octanol–water partition coefficient (Wildman–Crippen LogP) is 5.76. The van der Waals surface area contributed by atoms with Crippen LogP contribution in [0.5, 0.6) is 0 Å². The maximum Gasteiger partial charge on any atom is 0.322 e. The van der Waals surface area contributed by atoms with Gasteiger partial charge in [-0.15, -0.1) is 0 Å². The average molecular weight is 480 g/mol. The van der Waals surface area contributed by atoms with E-state index < -0.39 is 0 Å². The highest BCUT2D eigenvalue weighted by Gasteiger charge is 2.29. The third-order valence-electron chi connectivity index (χ3n) is 5.87. The van der Waals surface area contributed by atoms with Crippen LogP contribution in [0.3, 0.4) is 0 Å². The SMILES string of the molecule is Cc1ccc(CN(CCc2ccccc2)C(=O)CN(CC2CC2)C(=O)Nc2cccc(Cl)c2)o1. The van der Waals surface area contributed by atoms with Crippen LogP contribution in [-0.4, -0.2) is 41.4 Å². The lowest BCUT2D eigenvalue weighted by Gasteiger charge is -2.27. The second-order valence-electron chi connectivity index (χ2n) is 8.83. The standard InChI is InChI=1S/C27H30ClN3O3/c1-20-10-13-25(34-20)18-30(15-14-21-6-3-2-4-7-21)26(32)19-31(17-22-11-12-22)27(33)29-24-9-5-8-23(28)16-24/h2-10,13,16,22H,11-12,14-15,17-19H2,1H3,(H,29,33). The second kappa shape index (κ2) is 11.3. The van der Waals surface area contributed by atoms with E-state index in [1.165, 1.54) is 0 Å². The van der Waals surface area contributed by atoms with Crippen LogP contribution in [0.25, 0.3) is 0 Å². The lowest BCUT2D eigenvalue weighted by Crippen LogP contribution is -2.45. The number of hydrogen-bond acceptors (Lipinski definition) is 3. The topological polar surface area (TPSA) is 65.8 Å². The van der Waals surface area contributed by atoms with Crippen LogP contribution in [0.4, 0.5) is 10.5 Å². The zero-order valence-corrected chi connectivity index (χ0v) is 20.1. The van der Waals surface area contributed by atoms with Gasteiger partial charge in [0.25, 0.3) is 0 Å². The fourth-order valence-electron chi connectivity index (χ4n) is 3.82. The molecule has 2 aromatic carbocycles. The number of nitrogens with zero attached hydrogens (tertiary/aromatic N) is 2. The minimum atomic E-state index is -0.292. The van der Waals surface area contributed by atoms with E-state index in [4.69, 9.17) is 16.0 Å². The van der Waals surface area contributed by atoms with Crippen molar-refractivity contribution < 1.29 is 14.0 Å². The monoisotopic (exact) mass is 479 g/mol. The molecule has 1 aliphatic rings. The van der Waals surface area contributed by atoms with Crippen molar-refractivity contribution in [1.82, 2.24) is 9.80 Å². The van der Waals surface area contributed by atoms with Crippen molar-refractivity contribution >= 4 is 29.2 Å². The van der Waals surface area contributed by atoms with E-state index in [-0.39, 0.29) is 18.5 Å². The molecule has 3 amide bonds. The Morgan fingerprint density at radius 3 is 2.50 bits per heavy atom. The maximum atomic E-state index is 13.4. The number of carbonyl (C=O) groups excluding carboxylic acids is 2. The van der Waals surface area contributed by atoms with Crippen LogP contribution in [0.2, 0.25) is 5.02 Å². The number of urea groups is 1. The van der Waals surface area contributed by atoms with E-state index in [1.807, 2.05) is 37.3 Å². The summed E-state index contributed by atoms with van der Waals surface area (Å²) in [4.78, 5) is 29.9. The summed E-state index contributed by atoms with van der Waals surface area (Å²) < 4.78 is 5.73. The summed E-state index contributed by atoms with van der Waals surface area (Å²) in [7, 11) is 0. The van der Waals surface area contributed by atoms with Gasteiger partial charge in [-0.3, -0.25) is 4.79 Å². The number of anilines is 1. The first-order valence-electron chi connectivity index (χ1n) is 11.6. The van der Waals surface area contributed by atoms with Crippen LogP contribution in [-0.2, 0) is 17.8 Å². The van der Waals surface area contributed by atoms with E-state index in [1.54, 1.807) is 34.1 Å². The minimum absolute atomic E-state index is 0.0113. The van der Waals surface area contributed by atoms with Gasteiger partial charge in [-0.1, -0.05) is 48.0 Å². The number of aryl methyl sites for hydroxylation is 1. The molecule has 1 heterocycles. The van der Waals surface area contributed by atoms with Gasteiger partial charge in [0.05, 0.1) is 6.54 Å². The van der Waals surface area contributed by atoms with Crippen LogP contribution in [0, 0.1) is 12.8 Å². The number of benzene rings is 2. The summed E-state index contributed by atoms with van der Waals surface area (Å²) in [5, 5.41) is 3.43. The summed E-state index contributed by atoms with van der Waals surface area (Å²) >= 11 is 6.06. The zero-order valence-electron chi connectivity index (χ0n) is 19.4. The minimum Gasteiger partial charge on any atom is -0.464 e. The smallest absolute Gasteiger partial charge is 0.322 e. The van der Waals surface area contributed by atoms with Crippen molar-refractivity contribution in [2.24, 2.45) is 5.92 Å². The van der Waals surface area contributed by atoms with Gasteiger partial charge in [-0.05, 0) is 68.0 Å². The van der Waals surface area contributed by atoms with Crippen LogP contribution in [0.1, 0.15) is 29.9 Å². The first kappa shape index (κ1) is 23.9. The fourth-order valence-corrected chi connectivity index (χ4v) is 4.01. The zero-order chi connectivity index (χ0) is 23.9. The third kappa shape index (κ3) is 7.12. The number of carbonyl (C=O) groups is 2. The van der Waals surface area contributed by atoms with Crippen LogP contribution in [0.15, 0.2) is 71.1 Å². The van der Waals surface area contributed by atoms with Gasteiger partial charge in [0.1, 0.15) is 18.1 Å². The Hall–Kier alpha value is -3.25. The first-order chi connectivity index (χ1) is 16.5. The first-order valence-corrected chi connectivity index (χ1v) is 12.0. The summed E-state index contributed by atoms with van der Waals surface area (Å²) in [5.74, 6) is 1.88. The molecule has 34 heavy (non-hydrogen) atoms. The number of hydrogen-bond donors (Lipinski definition) is 1. The molecule has 0 radical (unpaired) electrons. The summed E-state index contributed by atoms with van der Waals surface area (Å²) in [6.45, 7) is 3.36. The molecule has 3 aromatic rings. The molecule has 1 aromatic heterocycles. The predicted molar refractivity (Wildman–Crippen MR) is 134 cm³/mol. The fraction of sp³-hybridized carbons (Fsp3) is 0.333. The Morgan fingerprint density at radius 1 is 1.03 bits per heavy atom. The Balaban J connectivity index is 1.45. The van der Waals surface area contributed by atoms with Crippen LogP contribution >= 0.6 is 11.6 Å². The van der Waals surface area contributed by atoms with Crippen molar-refractivity contribution in [2.75, 3.05) is 25.0 Å². The molecular formula is C27H30ClN3O3. The molecular weight excluding hydrogens is 450 g/mol. The Labute approximate surface area is 205 Å². The highest BCUT2D eigenvalue weighted by molar-refractivity contribution is 6.30. The van der Waals surface area contributed by atoms with E-state index >= 15 is 0 Å². The lowest BCUT2D eigenvalue weighted by atomic mass is 10.1. The molecule has 1 aliphatic carbocycles. The molecule has 0 atom stereocenters. The van der Waals surface area contributed by atoms with Gasteiger partial charge in [0.2, 0.25) is 5.91 Å². The van der Waals surface area contributed by atoms with E-state index in [2.05, 4.69) is 17.4 Å². The van der Waals surface area contributed by atoms with Crippen LogP contribution < -0.4 is 5.32 Å². The molecule has 4 rings (SSSR count). The molecule has 178 valence electrons. The molecule has 6 nitrogen and oxygen atoms in total. The van der Waals surface area contributed by atoms with Gasteiger partial charge in [-0.2, -0.15) is 0 Å². The van der Waals surface area contributed by atoms with Gasteiger partial charge < -0.3 is 19.5 Å². The van der Waals surface area contributed by atoms with E-state index in [0.717, 1.165) is 36.3 Å². The van der Waals surface area contributed by atoms with Gasteiger partial charge in [0, 0.05) is 23.8 Å². The highest BCUT2D eigenvalue weighted by Crippen LogP contribution is 2.30. The highest BCUT2D eigenvalue weighted by atomic mass is 35.5. The summed E-state index contributed by atoms with van der Waals surface area (Å²) in [6.07, 6.45) is 2.89. The number of rotatable bonds is 10.